The molecule has 8 atom stereocenters. The van der Waals surface area contributed by atoms with Crippen molar-refractivity contribution >= 4 is 29.3 Å². The number of rotatable bonds is 10. The van der Waals surface area contributed by atoms with E-state index in [9.17, 15) is 19.5 Å². The Balaban J connectivity index is 1.24. The lowest BCUT2D eigenvalue weighted by atomic mass is 9.33. The summed E-state index contributed by atoms with van der Waals surface area (Å²) < 4.78 is 6.18. The van der Waals surface area contributed by atoms with Gasteiger partial charge in [0.05, 0.1) is 11.8 Å². The van der Waals surface area contributed by atoms with Crippen LogP contribution in [-0.2, 0) is 25.7 Å². The van der Waals surface area contributed by atoms with Crippen LogP contribution in [0.4, 0.5) is 0 Å². The van der Waals surface area contributed by atoms with E-state index in [0.29, 0.717) is 30.0 Å². The van der Waals surface area contributed by atoms with Crippen molar-refractivity contribution in [3.05, 3.63) is 46.0 Å². The molecule has 0 saturated heterocycles. The maximum absolute atomic E-state index is 14.0. The Hall–Kier alpha value is -2.18. The summed E-state index contributed by atoms with van der Waals surface area (Å²) in [5, 5.41) is 14.1. The van der Waals surface area contributed by atoms with Crippen LogP contribution in [0.1, 0.15) is 139 Å². The molecule has 282 valence electrons. The minimum Gasteiger partial charge on any atom is -0.481 e. The zero-order valence-corrected chi connectivity index (χ0v) is 33.6. The Morgan fingerprint density at radius 2 is 1.63 bits per heavy atom. The van der Waals surface area contributed by atoms with E-state index in [-0.39, 0.29) is 45.5 Å². The predicted octanol–water partition coefficient (Wildman–Crippen LogP) is 10.2. The van der Waals surface area contributed by atoms with E-state index in [1.165, 1.54) is 17.6 Å². The van der Waals surface area contributed by atoms with Crippen molar-refractivity contribution in [2.45, 2.75) is 146 Å². The number of fused-ring (bicyclic) bond motifs is 7. The molecule has 0 radical (unpaired) electrons. The van der Waals surface area contributed by atoms with Gasteiger partial charge in [0.25, 0.3) is 0 Å². The van der Waals surface area contributed by atoms with Crippen molar-refractivity contribution < 1.29 is 24.2 Å². The second kappa shape index (κ2) is 13.3. The number of ether oxygens (including phenoxy) is 1. The monoisotopic (exact) mass is 721 g/mol. The van der Waals surface area contributed by atoms with Crippen LogP contribution in [0, 0.1) is 56.2 Å². The maximum Gasteiger partial charge on any atom is 0.309 e. The highest BCUT2D eigenvalue weighted by Crippen LogP contribution is 2.77. The molecular weight excluding hydrogens is 658 g/mol. The van der Waals surface area contributed by atoms with Crippen molar-refractivity contribution in [2.75, 3.05) is 6.54 Å². The molecule has 4 fully saturated rings. The number of carboxylic acid groups (broad SMARTS) is 1. The lowest BCUT2D eigenvalue weighted by molar-refractivity contribution is -0.233. The normalized spacial score (nSPS) is 37.4. The number of hydrogen-bond acceptors (Lipinski definition) is 5. The molecule has 7 heteroatoms. The van der Waals surface area contributed by atoms with E-state index in [0.717, 1.165) is 75.1 Å². The quantitative estimate of drug-likeness (QED) is 0.185. The summed E-state index contributed by atoms with van der Waals surface area (Å²) in [7, 11) is 0. The number of halogens is 1. The number of ketones is 1. The molecule has 0 heterocycles. The minimum atomic E-state index is -1.15. The fraction of sp³-hybridized carbons (Fsp3) is 0.750. The third-order valence-corrected chi connectivity index (χ3v) is 16.2. The summed E-state index contributed by atoms with van der Waals surface area (Å²) in [4.78, 5) is 38.8. The zero-order chi connectivity index (χ0) is 37.4. The summed E-state index contributed by atoms with van der Waals surface area (Å²) >= 11 is 6.12. The van der Waals surface area contributed by atoms with Gasteiger partial charge in [0.2, 0.25) is 0 Å². The third-order valence-electron chi connectivity index (χ3n) is 16.0. The Labute approximate surface area is 312 Å². The van der Waals surface area contributed by atoms with Crippen molar-refractivity contribution in [1.29, 1.82) is 0 Å². The van der Waals surface area contributed by atoms with Gasteiger partial charge in [-0.15, -0.1) is 0 Å². The molecule has 2 unspecified atom stereocenters. The summed E-state index contributed by atoms with van der Waals surface area (Å²) in [6.45, 7) is 21.7. The number of carbonyl (C=O) groups excluding carboxylic acids is 2. The Morgan fingerprint density at radius 3 is 2.27 bits per heavy atom. The third kappa shape index (κ3) is 6.24. The maximum atomic E-state index is 14.0. The summed E-state index contributed by atoms with van der Waals surface area (Å²) in [5.74, 6) is 0.647. The number of benzene rings is 1. The SMILES string of the molecule is CC(C)C1=C2[C@H]3CCC4[C@@]5(C)CC[C@H](OC(=O)CC(C)(C)C(=O)O)C(C)(C)C5CC[C@@]4(C)[C@]3(C)CC[C@@]2(CCNCc2ccc(Cl)cc2)CC1=O. The predicted molar refractivity (Wildman–Crippen MR) is 203 cm³/mol. The number of nitrogens with one attached hydrogen (secondary N) is 1. The van der Waals surface area contributed by atoms with Crippen molar-refractivity contribution in [2.24, 2.45) is 56.2 Å². The first-order chi connectivity index (χ1) is 23.7. The smallest absolute Gasteiger partial charge is 0.309 e. The fourth-order valence-corrected chi connectivity index (χ4v) is 13.2. The average Bonchev–Trinajstić information content (AvgIpc) is 3.34. The van der Waals surface area contributed by atoms with Crippen LogP contribution in [0.15, 0.2) is 35.4 Å². The highest BCUT2D eigenvalue weighted by molar-refractivity contribution is 6.30. The average molecular weight is 722 g/mol. The number of carbonyl (C=O) groups is 3. The van der Waals surface area contributed by atoms with Crippen molar-refractivity contribution in [1.82, 2.24) is 5.32 Å². The number of hydrogen-bond donors (Lipinski definition) is 2. The molecule has 0 spiro atoms. The number of aliphatic carboxylic acids is 1. The van der Waals surface area contributed by atoms with E-state index in [2.05, 4.69) is 65.9 Å². The van der Waals surface area contributed by atoms with Crippen LogP contribution in [0.5, 0.6) is 0 Å². The summed E-state index contributed by atoms with van der Waals surface area (Å²) in [6.07, 6.45) is 9.98. The zero-order valence-electron chi connectivity index (χ0n) is 32.8. The van der Waals surface area contributed by atoms with Gasteiger partial charge in [0.1, 0.15) is 6.10 Å². The fourth-order valence-electron chi connectivity index (χ4n) is 13.0. The molecule has 5 aliphatic rings. The van der Waals surface area contributed by atoms with Crippen LogP contribution < -0.4 is 5.32 Å². The molecule has 5 aliphatic carbocycles. The van der Waals surface area contributed by atoms with Crippen LogP contribution in [0.2, 0.25) is 5.02 Å². The van der Waals surface area contributed by atoms with E-state index >= 15 is 0 Å². The van der Waals surface area contributed by atoms with Gasteiger partial charge in [0.15, 0.2) is 5.78 Å². The summed E-state index contributed by atoms with van der Waals surface area (Å²) in [6, 6.07) is 8.06. The first-order valence-corrected chi connectivity index (χ1v) is 20.3. The highest BCUT2D eigenvalue weighted by Gasteiger charge is 2.70. The highest BCUT2D eigenvalue weighted by atomic mass is 35.5. The molecule has 0 aromatic heterocycles. The molecule has 1 aromatic rings. The number of allylic oxidation sites excluding steroid dienone is 2. The van der Waals surface area contributed by atoms with E-state index in [4.69, 9.17) is 16.3 Å². The van der Waals surface area contributed by atoms with Gasteiger partial charge in [-0.25, -0.2) is 0 Å². The lowest BCUT2D eigenvalue weighted by Crippen LogP contribution is -2.65. The summed E-state index contributed by atoms with van der Waals surface area (Å²) in [5.41, 5.74) is 2.89. The Kier molecular flexibility index (Phi) is 10.0. The number of carboxylic acids is 1. The second-order valence-corrected chi connectivity index (χ2v) is 20.2. The molecule has 1 aromatic carbocycles. The van der Waals surface area contributed by atoms with Gasteiger partial charge in [0, 0.05) is 28.8 Å². The van der Waals surface area contributed by atoms with Gasteiger partial charge in [-0.2, -0.15) is 0 Å². The molecule has 0 amide bonds. The van der Waals surface area contributed by atoms with E-state index < -0.39 is 17.4 Å². The Bertz CT molecular complexity index is 1580. The molecule has 51 heavy (non-hydrogen) atoms. The van der Waals surface area contributed by atoms with Gasteiger partial charge < -0.3 is 15.2 Å². The largest absolute Gasteiger partial charge is 0.481 e. The number of esters is 1. The van der Waals surface area contributed by atoms with Gasteiger partial charge >= 0.3 is 11.9 Å². The molecule has 6 nitrogen and oxygen atoms in total. The van der Waals surface area contributed by atoms with Gasteiger partial charge in [-0.05, 0) is 141 Å². The first-order valence-electron chi connectivity index (χ1n) is 19.9. The molecule has 0 bridgehead atoms. The molecular formula is C44H64ClNO5. The van der Waals surface area contributed by atoms with Gasteiger partial charge in [-0.1, -0.05) is 77.8 Å². The van der Waals surface area contributed by atoms with Crippen molar-refractivity contribution in [3.63, 3.8) is 0 Å². The molecule has 0 aliphatic heterocycles. The topological polar surface area (TPSA) is 92.7 Å². The van der Waals surface area contributed by atoms with Gasteiger partial charge in [-0.3, -0.25) is 14.4 Å². The lowest BCUT2D eigenvalue weighted by Gasteiger charge is -2.72. The standard InChI is InChI=1S/C44H64ClNO5/c1-27(2)36-31(47)24-44(22-23-46-26-28-10-12-29(45)13-11-28)21-20-42(8)30(37(36)44)14-15-33-41(7)18-17-34(51-35(48)25-39(3,4)38(49)50)40(5,6)32(41)16-19-43(33,42)9/h10-13,27,30,32-34,46H,14-26H2,1-9H3,(H,49,50)/t30-,32?,33?,34+,41+,42-,43-,44-/m1/s1. The van der Waals surface area contributed by atoms with E-state index in [1.54, 1.807) is 13.8 Å². The van der Waals surface area contributed by atoms with E-state index in [1.807, 2.05) is 12.1 Å². The van der Waals surface area contributed by atoms with Crippen molar-refractivity contribution in [3.8, 4) is 0 Å². The van der Waals surface area contributed by atoms with Crippen LogP contribution >= 0.6 is 11.6 Å². The Morgan fingerprint density at radius 1 is 0.941 bits per heavy atom. The second-order valence-electron chi connectivity index (χ2n) is 19.7. The van der Waals surface area contributed by atoms with Crippen LogP contribution in [0.3, 0.4) is 0 Å². The molecule has 2 N–H and O–H groups in total. The van der Waals surface area contributed by atoms with Crippen LogP contribution in [-0.4, -0.2) is 35.5 Å². The number of Topliss-reactive ketones (excluding diaryl/α,β-unsaturated/α-hetero) is 1. The molecule has 6 rings (SSSR count). The minimum absolute atomic E-state index is 0.0444. The van der Waals surface area contributed by atoms with Crippen LogP contribution in [0.25, 0.3) is 0 Å². The first kappa shape index (κ1) is 38.5. The molecule has 4 saturated carbocycles.